The number of nitrogens with one attached hydrogen (secondary N) is 2. The van der Waals surface area contributed by atoms with Gasteiger partial charge in [0.2, 0.25) is 5.91 Å². The minimum atomic E-state index is 0.00259. The number of hydrogen-bond acceptors (Lipinski definition) is 5. The standard InChI is InChI=1S/C17H25N5OS/c1-17(2,3)13-11-24-16(20-13)21-14(23)10-22-8-4-5-12(9-22)15-18-6-7-19-15/h6-7,11-12H,4-5,8-10H2,1-3H3,(H,18,19)(H,20,21,23)/t12-/m1/s1. The molecule has 1 fully saturated rings. The number of aromatic nitrogens is 3. The second kappa shape index (κ2) is 7.03. The zero-order valence-corrected chi connectivity index (χ0v) is 15.3. The van der Waals surface area contributed by atoms with E-state index in [1.165, 1.54) is 11.3 Å². The van der Waals surface area contributed by atoms with Crippen molar-refractivity contribution in [3.8, 4) is 0 Å². The summed E-state index contributed by atoms with van der Waals surface area (Å²) in [6.07, 6.45) is 5.85. The molecule has 3 heterocycles. The molecule has 0 radical (unpaired) electrons. The molecule has 1 saturated heterocycles. The fraction of sp³-hybridized carbons (Fsp3) is 0.588. The number of hydrogen-bond donors (Lipinski definition) is 2. The number of nitrogens with zero attached hydrogens (tertiary/aromatic N) is 3. The highest BCUT2D eigenvalue weighted by Crippen LogP contribution is 2.27. The topological polar surface area (TPSA) is 73.9 Å². The van der Waals surface area contributed by atoms with Gasteiger partial charge >= 0.3 is 0 Å². The molecule has 0 saturated carbocycles. The van der Waals surface area contributed by atoms with E-state index in [0.29, 0.717) is 17.6 Å². The van der Waals surface area contributed by atoms with Crippen LogP contribution < -0.4 is 5.32 Å². The lowest BCUT2D eigenvalue weighted by atomic mass is 9.93. The zero-order valence-electron chi connectivity index (χ0n) is 14.5. The molecule has 0 aromatic carbocycles. The van der Waals surface area contributed by atoms with Crippen molar-refractivity contribution in [1.29, 1.82) is 0 Å². The molecule has 0 spiro atoms. The first-order valence-corrected chi connectivity index (χ1v) is 9.27. The Labute approximate surface area is 146 Å². The quantitative estimate of drug-likeness (QED) is 0.892. The van der Waals surface area contributed by atoms with Crippen LogP contribution in [0, 0.1) is 0 Å². The van der Waals surface area contributed by atoms with E-state index < -0.39 is 0 Å². The number of rotatable bonds is 4. The van der Waals surface area contributed by atoms with Crippen LogP contribution >= 0.6 is 11.3 Å². The third-order valence-electron chi connectivity index (χ3n) is 4.30. The summed E-state index contributed by atoms with van der Waals surface area (Å²) in [7, 11) is 0. The summed E-state index contributed by atoms with van der Waals surface area (Å²) in [4.78, 5) is 26.6. The summed E-state index contributed by atoms with van der Waals surface area (Å²) in [5.41, 5.74) is 1.02. The minimum absolute atomic E-state index is 0.00259. The number of likely N-dealkylation sites (tertiary alicyclic amines) is 1. The van der Waals surface area contributed by atoms with E-state index in [2.05, 4.69) is 45.9 Å². The summed E-state index contributed by atoms with van der Waals surface area (Å²) in [6.45, 7) is 8.59. The molecule has 130 valence electrons. The summed E-state index contributed by atoms with van der Waals surface area (Å²) in [6, 6.07) is 0. The molecule has 2 N–H and O–H groups in total. The van der Waals surface area contributed by atoms with Crippen molar-refractivity contribution < 1.29 is 4.79 Å². The largest absolute Gasteiger partial charge is 0.348 e. The average Bonchev–Trinajstić information content (AvgIpc) is 3.18. The predicted molar refractivity (Wildman–Crippen MR) is 96.4 cm³/mol. The second-order valence-corrected chi connectivity index (χ2v) is 8.24. The minimum Gasteiger partial charge on any atom is -0.348 e. The van der Waals surface area contributed by atoms with Gasteiger partial charge in [-0.15, -0.1) is 11.3 Å². The SMILES string of the molecule is CC(C)(C)c1csc(NC(=O)CN2CCC[C@@H](c3ncc[nH]3)C2)n1. The number of anilines is 1. The number of H-pyrrole nitrogens is 1. The number of thiazole rings is 1. The molecule has 24 heavy (non-hydrogen) atoms. The van der Waals surface area contributed by atoms with E-state index >= 15 is 0 Å². The van der Waals surface area contributed by atoms with E-state index in [4.69, 9.17) is 0 Å². The normalized spacial score (nSPS) is 19.4. The van der Waals surface area contributed by atoms with Gasteiger partial charge in [-0.3, -0.25) is 9.69 Å². The van der Waals surface area contributed by atoms with E-state index in [-0.39, 0.29) is 11.3 Å². The van der Waals surface area contributed by atoms with Crippen molar-refractivity contribution >= 4 is 22.4 Å². The van der Waals surface area contributed by atoms with Crippen LogP contribution in [0.5, 0.6) is 0 Å². The molecule has 0 aliphatic carbocycles. The van der Waals surface area contributed by atoms with Gasteiger partial charge in [0.15, 0.2) is 5.13 Å². The Balaban J connectivity index is 1.54. The fourth-order valence-electron chi connectivity index (χ4n) is 2.96. The Morgan fingerprint density at radius 3 is 3.00 bits per heavy atom. The number of piperidine rings is 1. The molecule has 2 aromatic rings. The average molecular weight is 347 g/mol. The van der Waals surface area contributed by atoms with Crippen molar-refractivity contribution in [2.24, 2.45) is 0 Å². The van der Waals surface area contributed by atoms with E-state index in [9.17, 15) is 4.79 Å². The van der Waals surface area contributed by atoms with E-state index in [1.807, 2.05) is 11.6 Å². The van der Waals surface area contributed by atoms with Crippen molar-refractivity contribution in [2.75, 3.05) is 25.0 Å². The lowest BCUT2D eigenvalue weighted by molar-refractivity contribution is -0.117. The van der Waals surface area contributed by atoms with Gasteiger partial charge in [-0.2, -0.15) is 0 Å². The highest BCUT2D eigenvalue weighted by atomic mass is 32.1. The maximum absolute atomic E-state index is 12.3. The third kappa shape index (κ3) is 4.21. The van der Waals surface area contributed by atoms with Gasteiger partial charge in [0.05, 0.1) is 12.2 Å². The molecule has 1 aliphatic heterocycles. The molecule has 2 aromatic heterocycles. The molecule has 7 heteroatoms. The Bertz CT molecular complexity index is 673. The summed E-state index contributed by atoms with van der Waals surface area (Å²) in [5.74, 6) is 1.41. The Morgan fingerprint density at radius 2 is 2.33 bits per heavy atom. The van der Waals surface area contributed by atoms with Crippen molar-refractivity contribution in [3.05, 3.63) is 29.3 Å². The van der Waals surface area contributed by atoms with E-state index in [0.717, 1.165) is 37.4 Å². The van der Waals surface area contributed by atoms with Crippen LogP contribution in [0.1, 0.15) is 51.0 Å². The van der Waals surface area contributed by atoms with Crippen molar-refractivity contribution in [3.63, 3.8) is 0 Å². The van der Waals surface area contributed by atoms with Crippen molar-refractivity contribution in [1.82, 2.24) is 19.9 Å². The molecule has 0 unspecified atom stereocenters. The summed E-state index contributed by atoms with van der Waals surface area (Å²) >= 11 is 1.49. The maximum atomic E-state index is 12.3. The second-order valence-electron chi connectivity index (χ2n) is 7.38. The van der Waals surface area contributed by atoms with Gasteiger partial charge in [-0.1, -0.05) is 20.8 Å². The highest BCUT2D eigenvalue weighted by Gasteiger charge is 2.25. The maximum Gasteiger partial charge on any atom is 0.240 e. The summed E-state index contributed by atoms with van der Waals surface area (Å²) < 4.78 is 0. The summed E-state index contributed by atoms with van der Waals surface area (Å²) in [5, 5.41) is 5.64. The van der Waals surface area contributed by atoms with Crippen LogP contribution in [0.2, 0.25) is 0 Å². The van der Waals surface area contributed by atoms with Gasteiger partial charge in [0, 0.05) is 35.7 Å². The van der Waals surface area contributed by atoms with Gasteiger partial charge in [0.25, 0.3) is 0 Å². The number of amides is 1. The molecule has 0 bridgehead atoms. The predicted octanol–water partition coefficient (Wildman–Crippen LogP) is 2.98. The number of aromatic amines is 1. The fourth-order valence-corrected chi connectivity index (χ4v) is 3.91. The molecule has 6 nitrogen and oxygen atoms in total. The molecular weight excluding hydrogens is 322 g/mol. The van der Waals surface area contributed by atoms with Gasteiger partial charge < -0.3 is 10.3 Å². The van der Waals surface area contributed by atoms with E-state index in [1.54, 1.807) is 6.20 Å². The lowest BCUT2D eigenvalue weighted by Crippen LogP contribution is -2.40. The first kappa shape index (κ1) is 17.1. The number of carbonyl (C=O) groups excluding carboxylic acids is 1. The van der Waals surface area contributed by atoms with Crippen LogP contribution in [-0.4, -0.2) is 45.4 Å². The Kier molecular flexibility index (Phi) is 5.01. The molecule has 1 aliphatic rings. The smallest absolute Gasteiger partial charge is 0.240 e. The van der Waals surface area contributed by atoms with Crippen LogP contribution in [0.25, 0.3) is 0 Å². The zero-order chi connectivity index (χ0) is 17.2. The monoisotopic (exact) mass is 347 g/mol. The highest BCUT2D eigenvalue weighted by molar-refractivity contribution is 7.13. The Morgan fingerprint density at radius 1 is 1.50 bits per heavy atom. The van der Waals surface area contributed by atoms with Gasteiger partial charge in [-0.25, -0.2) is 9.97 Å². The van der Waals surface area contributed by atoms with Crippen LogP contribution in [0.3, 0.4) is 0 Å². The van der Waals surface area contributed by atoms with Gasteiger partial charge in [0.1, 0.15) is 5.82 Å². The van der Waals surface area contributed by atoms with Crippen molar-refractivity contribution in [2.45, 2.75) is 44.9 Å². The Hall–Kier alpha value is -1.73. The first-order valence-electron chi connectivity index (χ1n) is 8.39. The number of imidazole rings is 1. The molecule has 3 rings (SSSR count). The van der Waals surface area contributed by atoms with Gasteiger partial charge in [-0.05, 0) is 19.4 Å². The third-order valence-corrected chi connectivity index (χ3v) is 5.06. The molecular formula is C17H25N5OS. The van der Waals surface area contributed by atoms with Crippen LogP contribution in [0.4, 0.5) is 5.13 Å². The van der Waals surface area contributed by atoms with Crippen LogP contribution in [0.15, 0.2) is 17.8 Å². The first-order chi connectivity index (χ1) is 11.4. The molecule has 1 amide bonds. The lowest BCUT2D eigenvalue weighted by Gasteiger charge is -2.31. The number of carbonyl (C=O) groups is 1. The molecule has 1 atom stereocenters. The van der Waals surface area contributed by atoms with Crippen LogP contribution in [-0.2, 0) is 10.2 Å².